The number of pyridine rings is 1. The van der Waals surface area contributed by atoms with Crippen LogP contribution in [0.15, 0.2) is 41.4 Å². The van der Waals surface area contributed by atoms with Crippen LogP contribution < -0.4 is 0 Å². The zero-order chi connectivity index (χ0) is 15.6. The van der Waals surface area contributed by atoms with Crippen molar-refractivity contribution in [1.82, 2.24) is 9.29 Å². The van der Waals surface area contributed by atoms with Crippen molar-refractivity contribution in [2.24, 2.45) is 0 Å². The molecule has 0 aliphatic carbocycles. The van der Waals surface area contributed by atoms with Crippen molar-refractivity contribution in [3.05, 3.63) is 58.1 Å². The molecule has 2 rings (SSSR count). The van der Waals surface area contributed by atoms with E-state index >= 15 is 0 Å². The van der Waals surface area contributed by atoms with Gasteiger partial charge in [0.05, 0.1) is 0 Å². The minimum absolute atomic E-state index is 0.102. The lowest BCUT2D eigenvalue weighted by molar-refractivity contribution is 0.456. The molecule has 2 aromatic rings. The number of rotatable bonds is 4. The highest BCUT2D eigenvalue weighted by Crippen LogP contribution is 2.25. The molecule has 0 atom stereocenters. The first-order valence-corrected chi connectivity index (χ1v) is 8.03. The van der Waals surface area contributed by atoms with E-state index in [0.717, 1.165) is 4.31 Å². The molecule has 1 heterocycles. The Hall–Kier alpha value is -1.21. The van der Waals surface area contributed by atoms with Gasteiger partial charge in [-0.3, -0.25) is 0 Å². The Morgan fingerprint density at radius 2 is 1.95 bits per heavy atom. The highest BCUT2D eigenvalue weighted by atomic mass is 35.5. The highest BCUT2D eigenvalue weighted by molar-refractivity contribution is 7.89. The van der Waals surface area contributed by atoms with Gasteiger partial charge in [-0.2, -0.15) is 4.31 Å². The van der Waals surface area contributed by atoms with Gasteiger partial charge in [-0.15, -0.1) is 0 Å². The predicted molar refractivity (Wildman–Crippen MR) is 79.3 cm³/mol. The molecular weight excluding hydrogens is 338 g/mol. The van der Waals surface area contributed by atoms with Crippen LogP contribution in [0.5, 0.6) is 0 Å². The number of hydrogen-bond acceptors (Lipinski definition) is 3. The molecule has 0 aliphatic heterocycles. The minimum Gasteiger partial charge on any atom is -0.243 e. The van der Waals surface area contributed by atoms with Crippen LogP contribution in [0.1, 0.15) is 5.56 Å². The lowest BCUT2D eigenvalue weighted by Gasteiger charge is -2.18. The molecule has 0 fully saturated rings. The van der Waals surface area contributed by atoms with E-state index in [1.807, 2.05) is 0 Å². The Morgan fingerprint density at radius 3 is 2.57 bits per heavy atom. The topological polar surface area (TPSA) is 50.3 Å². The largest absolute Gasteiger partial charge is 0.246 e. The normalized spacial score (nSPS) is 11.9. The summed E-state index contributed by atoms with van der Waals surface area (Å²) in [6, 6.07) is 6.97. The van der Waals surface area contributed by atoms with Gasteiger partial charge in [-0.25, -0.2) is 17.8 Å². The zero-order valence-corrected chi connectivity index (χ0v) is 13.3. The van der Waals surface area contributed by atoms with Crippen molar-refractivity contribution >= 4 is 33.2 Å². The number of benzene rings is 1. The molecule has 21 heavy (non-hydrogen) atoms. The van der Waals surface area contributed by atoms with Crippen molar-refractivity contribution < 1.29 is 12.8 Å². The number of aromatic nitrogens is 1. The molecule has 0 aliphatic rings. The van der Waals surface area contributed by atoms with Gasteiger partial charge in [-0.1, -0.05) is 29.3 Å². The molecule has 0 N–H and O–H groups in total. The van der Waals surface area contributed by atoms with Crippen molar-refractivity contribution in [3.63, 3.8) is 0 Å². The maximum absolute atomic E-state index is 13.7. The molecule has 0 saturated carbocycles. The highest BCUT2D eigenvalue weighted by Gasteiger charge is 2.25. The van der Waals surface area contributed by atoms with Crippen molar-refractivity contribution in [1.29, 1.82) is 0 Å². The van der Waals surface area contributed by atoms with Crippen molar-refractivity contribution in [3.8, 4) is 0 Å². The molecule has 0 bridgehead atoms. The van der Waals surface area contributed by atoms with Gasteiger partial charge in [0.1, 0.15) is 15.9 Å². The first kappa shape index (κ1) is 16.2. The maximum Gasteiger partial charge on any atom is 0.246 e. The third-order valence-electron chi connectivity index (χ3n) is 2.86. The first-order chi connectivity index (χ1) is 9.84. The summed E-state index contributed by atoms with van der Waals surface area (Å²) >= 11 is 11.7. The van der Waals surface area contributed by atoms with E-state index in [0.29, 0.717) is 0 Å². The molecule has 0 saturated heterocycles. The summed E-state index contributed by atoms with van der Waals surface area (Å²) in [5, 5.41) is 0.0262. The van der Waals surface area contributed by atoms with Gasteiger partial charge in [0.15, 0.2) is 0 Å². The fourth-order valence-electron chi connectivity index (χ4n) is 1.72. The average Bonchev–Trinajstić information content (AvgIpc) is 2.43. The summed E-state index contributed by atoms with van der Waals surface area (Å²) < 4.78 is 39.5. The molecular formula is C13H11Cl2FN2O2S. The summed E-state index contributed by atoms with van der Waals surface area (Å²) in [5.74, 6) is -0.568. The molecule has 0 spiro atoms. The SMILES string of the molecule is CN(Cc1c(F)cccc1Cl)S(=O)(=O)c1cccnc1Cl. The van der Waals surface area contributed by atoms with Crippen molar-refractivity contribution in [2.45, 2.75) is 11.4 Å². The van der Waals surface area contributed by atoms with Crippen LogP contribution in [0.25, 0.3) is 0 Å². The summed E-state index contributed by atoms with van der Waals surface area (Å²) in [4.78, 5) is 3.59. The van der Waals surface area contributed by atoms with E-state index in [9.17, 15) is 12.8 Å². The second-order valence-electron chi connectivity index (χ2n) is 4.25. The summed E-state index contributed by atoms with van der Waals surface area (Å²) in [6.07, 6.45) is 1.38. The zero-order valence-electron chi connectivity index (χ0n) is 10.9. The van der Waals surface area contributed by atoms with Gasteiger partial charge >= 0.3 is 0 Å². The molecule has 1 aromatic carbocycles. The lowest BCUT2D eigenvalue weighted by Crippen LogP contribution is -2.27. The molecule has 0 unspecified atom stereocenters. The second kappa shape index (κ2) is 6.27. The van der Waals surface area contributed by atoms with Crippen molar-refractivity contribution in [2.75, 3.05) is 7.05 Å². The van der Waals surface area contributed by atoms with E-state index < -0.39 is 15.8 Å². The third-order valence-corrected chi connectivity index (χ3v) is 5.46. The van der Waals surface area contributed by atoms with Gasteiger partial charge in [0.2, 0.25) is 10.0 Å². The summed E-state index contributed by atoms with van der Waals surface area (Å²) in [5.41, 5.74) is 0.102. The monoisotopic (exact) mass is 348 g/mol. The number of nitrogens with zero attached hydrogens (tertiary/aromatic N) is 2. The standard InChI is InChI=1S/C13H11Cl2FN2O2S/c1-18(8-9-10(14)4-2-5-11(9)16)21(19,20)12-6-3-7-17-13(12)15/h2-7H,8H2,1H3. The van der Waals surface area contributed by atoms with Crippen LogP contribution in [0.3, 0.4) is 0 Å². The van der Waals surface area contributed by atoms with Crippen LogP contribution in [-0.4, -0.2) is 24.8 Å². The number of sulfonamides is 1. The Kier molecular flexibility index (Phi) is 4.83. The number of halogens is 3. The van der Waals surface area contributed by atoms with Gasteiger partial charge in [0, 0.05) is 30.4 Å². The summed E-state index contributed by atoms with van der Waals surface area (Å²) in [7, 11) is -2.57. The molecule has 112 valence electrons. The van der Waals surface area contributed by atoms with Crippen LogP contribution >= 0.6 is 23.2 Å². The van der Waals surface area contributed by atoms with E-state index in [1.54, 1.807) is 0 Å². The van der Waals surface area contributed by atoms with E-state index in [-0.39, 0.29) is 27.2 Å². The van der Waals surface area contributed by atoms with Crippen LogP contribution in [-0.2, 0) is 16.6 Å². The number of hydrogen-bond donors (Lipinski definition) is 0. The Labute approximate surface area is 132 Å². The van der Waals surface area contributed by atoms with E-state index in [4.69, 9.17) is 23.2 Å². The molecule has 4 nitrogen and oxygen atoms in total. The third kappa shape index (κ3) is 3.35. The van der Waals surface area contributed by atoms with Gasteiger partial charge < -0.3 is 0 Å². The summed E-state index contributed by atoms with van der Waals surface area (Å²) in [6.45, 7) is -0.209. The quantitative estimate of drug-likeness (QED) is 0.796. The van der Waals surface area contributed by atoms with Crippen LogP contribution in [0.2, 0.25) is 10.2 Å². The second-order valence-corrected chi connectivity index (χ2v) is 7.03. The minimum atomic E-state index is -3.89. The fraction of sp³-hybridized carbons (Fsp3) is 0.154. The smallest absolute Gasteiger partial charge is 0.243 e. The van der Waals surface area contributed by atoms with Crippen LogP contribution in [0, 0.1) is 5.82 Å². The maximum atomic E-state index is 13.7. The van der Waals surface area contributed by atoms with Crippen LogP contribution in [0.4, 0.5) is 4.39 Å². The molecule has 8 heteroatoms. The van der Waals surface area contributed by atoms with Gasteiger partial charge in [0.25, 0.3) is 0 Å². The molecule has 0 radical (unpaired) electrons. The Bertz CT molecular complexity index is 748. The Balaban J connectivity index is 2.36. The van der Waals surface area contributed by atoms with E-state index in [1.165, 1.54) is 43.6 Å². The fourth-order valence-corrected chi connectivity index (χ4v) is 3.51. The van der Waals surface area contributed by atoms with E-state index in [2.05, 4.69) is 4.98 Å². The molecule has 1 aromatic heterocycles. The average molecular weight is 349 g/mol. The lowest BCUT2D eigenvalue weighted by atomic mass is 10.2. The predicted octanol–water partition coefficient (Wildman–Crippen LogP) is 3.35. The first-order valence-electron chi connectivity index (χ1n) is 5.84. The molecule has 0 amide bonds. The Morgan fingerprint density at radius 1 is 1.24 bits per heavy atom. The van der Waals surface area contributed by atoms with Gasteiger partial charge in [-0.05, 0) is 24.3 Å².